The molecule has 28 heavy (non-hydrogen) atoms. The van der Waals surface area contributed by atoms with Gasteiger partial charge in [0.25, 0.3) is 0 Å². The van der Waals surface area contributed by atoms with Crippen LogP contribution in [-0.4, -0.2) is 51.1 Å². The first-order valence-corrected chi connectivity index (χ1v) is 8.55. The average molecular weight is 396 g/mol. The smallest absolute Gasteiger partial charge is 0.394 e. The molecule has 1 aliphatic rings. The van der Waals surface area contributed by atoms with Gasteiger partial charge in [0, 0.05) is 24.8 Å². The lowest BCUT2D eigenvalue weighted by atomic mass is 9.96. The number of halogens is 3. The van der Waals surface area contributed by atoms with Gasteiger partial charge in [0.15, 0.2) is 5.82 Å². The second-order valence-electron chi connectivity index (χ2n) is 6.85. The Bertz CT molecular complexity index is 892. The normalized spacial score (nSPS) is 19.7. The molecule has 1 aromatic heterocycles. The number of hydrogen-bond donors (Lipinski definition) is 2. The number of nitrogens with one attached hydrogen (secondary N) is 1. The van der Waals surface area contributed by atoms with Crippen LogP contribution in [-0.2, 0) is 4.79 Å². The van der Waals surface area contributed by atoms with Gasteiger partial charge in [0.1, 0.15) is 0 Å². The minimum absolute atomic E-state index is 0.172. The van der Waals surface area contributed by atoms with E-state index in [0.717, 1.165) is 21.8 Å². The summed E-state index contributed by atoms with van der Waals surface area (Å²) in [6, 6.07) is 8.29. The number of urea groups is 1. The van der Waals surface area contributed by atoms with E-state index in [1.807, 2.05) is 31.2 Å². The predicted molar refractivity (Wildman–Crippen MR) is 94.3 cm³/mol. The van der Waals surface area contributed by atoms with Crippen molar-refractivity contribution in [2.45, 2.75) is 20.0 Å². The molecule has 150 valence electrons. The highest BCUT2D eigenvalue weighted by atomic mass is 19.4. The van der Waals surface area contributed by atoms with E-state index >= 15 is 0 Å². The van der Waals surface area contributed by atoms with Crippen molar-refractivity contribution in [2.24, 2.45) is 11.8 Å². The topological polar surface area (TPSA) is 87.5 Å². The second-order valence-corrected chi connectivity index (χ2v) is 6.85. The van der Waals surface area contributed by atoms with Gasteiger partial charge >= 0.3 is 18.2 Å². The number of anilines is 1. The van der Waals surface area contributed by atoms with Crippen molar-refractivity contribution in [3.05, 3.63) is 41.6 Å². The molecule has 7 nitrogen and oxygen atoms in total. The SMILES string of the molecule is Cc1ccc(-n2nc(NC(=O)N3C[C@@H](C(F)(F)F)[C@H](C(=O)O)C3)cc2C)cc1. The van der Waals surface area contributed by atoms with Crippen LogP contribution in [0.2, 0.25) is 0 Å². The standard InChI is InChI=1S/C18H19F3N4O3/c1-10-3-5-12(6-4-10)25-11(2)7-15(23-25)22-17(28)24-8-13(16(26)27)14(9-24)18(19,20)21/h3-7,13-14H,8-9H2,1-2H3,(H,26,27)(H,22,23,28)/t13-,14-/m1/s1. The Balaban J connectivity index is 1.74. The summed E-state index contributed by atoms with van der Waals surface area (Å²) >= 11 is 0. The number of nitrogens with zero attached hydrogens (tertiary/aromatic N) is 3. The van der Waals surface area contributed by atoms with Gasteiger partial charge in [-0.25, -0.2) is 9.48 Å². The molecular weight excluding hydrogens is 377 g/mol. The Kier molecular flexibility index (Phi) is 5.05. The summed E-state index contributed by atoms with van der Waals surface area (Å²) in [6.07, 6.45) is -4.69. The lowest BCUT2D eigenvalue weighted by Gasteiger charge is -2.18. The van der Waals surface area contributed by atoms with Crippen molar-refractivity contribution < 1.29 is 27.9 Å². The number of benzene rings is 1. The third-order valence-corrected chi connectivity index (χ3v) is 4.75. The van der Waals surface area contributed by atoms with Gasteiger partial charge in [-0.3, -0.25) is 10.1 Å². The first kappa shape index (κ1) is 19.7. The molecule has 2 atom stereocenters. The summed E-state index contributed by atoms with van der Waals surface area (Å²) < 4.78 is 40.8. The molecule has 1 fully saturated rings. The summed E-state index contributed by atoms with van der Waals surface area (Å²) in [4.78, 5) is 24.4. The highest BCUT2D eigenvalue weighted by Gasteiger charge is 2.53. The van der Waals surface area contributed by atoms with Crippen molar-refractivity contribution in [1.29, 1.82) is 0 Å². The Morgan fingerprint density at radius 2 is 1.82 bits per heavy atom. The molecule has 2 N–H and O–H groups in total. The first-order chi connectivity index (χ1) is 13.1. The van der Waals surface area contributed by atoms with Gasteiger partial charge in [0.2, 0.25) is 0 Å². The molecule has 1 aromatic carbocycles. The molecule has 10 heteroatoms. The first-order valence-electron chi connectivity index (χ1n) is 8.55. The molecule has 1 saturated heterocycles. The van der Waals surface area contributed by atoms with Crippen LogP contribution in [0.1, 0.15) is 11.3 Å². The fourth-order valence-electron chi connectivity index (χ4n) is 3.22. The lowest BCUT2D eigenvalue weighted by Crippen LogP contribution is -2.35. The highest BCUT2D eigenvalue weighted by molar-refractivity contribution is 5.89. The van der Waals surface area contributed by atoms with Gasteiger partial charge in [0.05, 0.1) is 17.5 Å². The van der Waals surface area contributed by atoms with Crippen molar-refractivity contribution in [3.63, 3.8) is 0 Å². The van der Waals surface area contributed by atoms with Gasteiger partial charge < -0.3 is 10.0 Å². The Labute approximate surface area is 158 Å². The zero-order valence-electron chi connectivity index (χ0n) is 15.2. The quantitative estimate of drug-likeness (QED) is 0.834. The number of aromatic nitrogens is 2. The monoisotopic (exact) mass is 396 g/mol. The van der Waals surface area contributed by atoms with E-state index in [0.29, 0.717) is 0 Å². The van der Waals surface area contributed by atoms with Crippen molar-refractivity contribution in [3.8, 4) is 5.69 Å². The molecular formula is C18H19F3N4O3. The summed E-state index contributed by atoms with van der Waals surface area (Å²) in [5.74, 6) is -5.18. The number of carboxylic acids is 1. The van der Waals surface area contributed by atoms with Gasteiger partial charge in [-0.1, -0.05) is 17.7 Å². The third kappa shape index (κ3) is 3.95. The maximum Gasteiger partial charge on any atom is 0.394 e. The maximum atomic E-state index is 13.1. The minimum atomic E-state index is -4.69. The molecule has 1 aliphatic heterocycles. The van der Waals surface area contributed by atoms with Crippen molar-refractivity contribution in [2.75, 3.05) is 18.4 Å². The molecule has 0 saturated carbocycles. The predicted octanol–water partition coefficient (Wildman–Crippen LogP) is 3.22. The molecule has 0 radical (unpaired) electrons. The van der Waals surface area contributed by atoms with Gasteiger partial charge in [-0.05, 0) is 26.0 Å². The van der Waals surface area contributed by atoms with Crippen LogP contribution in [0.3, 0.4) is 0 Å². The van der Waals surface area contributed by atoms with E-state index in [9.17, 15) is 22.8 Å². The van der Waals surface area contributed by atoms with Crippen LogP contribution >= 0.6 is 0 Å². The molecule has 2 heterocycles. The third-order valence-electron chi connectivity index (χ3n) is 4.75. The Hall–Kier alpha value is -3.04. The minimum Gasteiger partial charge on any atom is -0.481 e. The number of amides is 2. The van der Waals surface area contributed by atoms with Crippen molar-refractivity contribution in [1.82, 2.24) is 14.7 Å². The fourth-order valence-corrected chi connectivity index (χ4v) is 3.22. The number of carbonyl (C=O) groups excluding carboxylic acids is 1. The largest absolute Gasteiger partial charge is 0.481 e. The summed E-state index contributed by atoms with van der Waals surface area (Å²) in [6.45, 7) is 2.51. The van der Waals surface area contributed by atoms with E-state index in [1.54, 1.807) is 17.7 Å². The van der Waals surface area contributed by atoms with Crippen LogP contribution < -0.4 is 5.32 Å². The lowest BCUT2D eigenvalue weighted by molar-refractivity contribution is -0.187. The molecule has 2 aromatic rings. The number of alkyl halides is 3. The van der Waals surface area contributed by atoms with E-state index < -0.39 is 43.1 Å². The zero-order chi connectivity index (χ0) is 20.6. The fraction of sp³-hybridized carbons (Fsp3) is 0.389. The van der Waals surface area contributed by atoms with Crippen LogP contribution in [0, 0.1) is 25.7 Å². The van der Waals surface area contributed by atoms with Crippen LogP contribution in [0.5, 0.6) is 0 Å². The van der Waals surface area contributed by atoms with E-state index in [1.165, 1.54) is 0 Å². The summed E-state index contributed by atoms with van der Waals surface area (Å²) in [5.41, 5.74) is 2.56. The summed E-state index contributed by atoms with van der Waals surface area (Å²) in [5, 5.41) is 15.8. The number of carboxylic acid groups (broad SMARTS) is 1. The molecule has 0 aliphatic carbocycles. The van der Waals surface area contributed by atoms with E-state index in [4.69, 9.17) is 5.11 Å². The number of aliphatic carboxylic acids is 1. The molecule has 0 spiro atoms. The van der Waals surface area contributed by atoms with Gasteiger partial charge in [-0.15, -0.1) is 5.10 Å². The van der Waals surface area contributed by atoms with Gasteiger partial charge in [-0.2, -0.15) is 13.2 Å². The molecule has 0 unspecified atom stereocenters. The Morgan fingerprint density at radius 1 is 1.18 bits per heavy atom. The summed E-state index contributed by atoms with van der Waals surface area (Å²) in [7, 11) is 0. The highest BCUT2D eigenvalue weighted by Crippen LogP contribution is 2.37. The Morgan fingerprint density at radius 3 is 2.36 bits per heavy atom. The molecule has 2 amide bonds. The second kappa shape index (κ2) is 7.17. The maximum absolute atomic E-state index is 13.1. The number of aryl methyl sites for hydroxylation is 2. The van der Waals surface area contributed by atoms with Crippen LogP contribution in [0.4, 0.5) is 23.8 Å². The number of rotatable bonds is 3. The average Bonchev–Trinajstić information content (AvgIpc) is 3.20. The van der Waals surface area contributed by atoms with E-state index in [-0.39, 0.29) is 5.82 Å². The van der Waals surface area contributed by atoms with E-state index in [2.05, 4.69) is 10.4 Å². The van der Waals surface area contributed by atoms with Crippen LogP contribution in [0.25, 0.3) is 5.69 Å². The number of carbonyl (C=O) groups is 2. The number of likely N-dealkylation sites (tertiary alicyclic amines) is 1. The molecule has 0 bridgehead atoms. The number of hydrogen-bond acceptors (Lipinski definition) is 3. The van der Waals surface area contributed by atoms with Crippen LogP contribution in [0.15, 0.2) is 30.3 Å². The molecule has 3 rings (SSSR count). The van der Waals surface area contributed by atoms with Crippen molar-refractivity contribution >= 4 is 17.8 Å². The zero-order valence-corrected chi connectivity index (χ0v) is 15.2.